The summed E-state index contributed by atoms with van der Waals surface area (Å²) >= 11 is 0. The number of esters is 1. The van der Waals surface area contributed by atoms with Crippen LogP contribution in [0.4, 0.5) is 0 Å². The molecule has 0 aromatic heterocycles. The quantitative estimate of drug-likeness (QED) is 0.557. The Morgan fingerprint density at radius 1 is 1.00 bits per heavy atom. The number of hydrogen-bond donors (Lipinski definition) is 0. The maximum Gasteiger partial charge on any atom is 0.334 e. The third kappa shape index (κ3) is 1.99. The van der Waals surface area contributed by atoms with Crippen LogP contribution >= 0.6 is 0 Å². The lowest BCUT2D eigenvalue weighted by molar-refractivity contribution is -0.136. The third-order valence-corrected chi connectivity index (χ3v) is 2.51. The summed E-state index contributed by atoms with van der Waals surface area (Å²) in [6.45, 7) is 13.0. The normalized spacial score (nSPS) is 18.9. The van der Waals surface area contributed by atoms with Crippen molar-refractivity contribution in [3.05, 3.63) is 11.1 Å². The van der Waals surface area contributed by atoms with Crippen LogP contribution in [0.2, 0.25) is 0 Å². The van der Waals surface area contributed by atoms with Crippen LogP contribution in [-0.4, -0.2) is 12.6 Å². The number of hydrogen-bond acceptors (Lipinski definition) is 2. The molecule has 0 saturated carbocycles. The van der Waals surface area contributed by atoms with Gasteiger partial charge in [0.05, 0.1) is 0 Å². The fraction of sp³-hybridized carbons (Fsp3) is 0.750. The minimum Gasteiger partial charge on any atom is -0.458 e. The molecule has 80 valence electrons. The summed E-state index contributed by atoms with van der Waals surface area (Å²) in [4.78, 5) is 11.6. The van der Waals surface area contributed by atoms with Crippen molar-refractivity contribution in [1.82, 2.24) is 0 Å². The molecule has 0 aromatic carbocycles. The van der Waals surface area contributed by atoms with Gasteiger partial charge in [-0.25, -0.2) is 4.79 Å². The highest BCUT2D eigenvalue weighted by Gasteiger charge is 2.37. The van der Waals surface area contributed by atoms with Gasteiger partial charge < -0.3 is 4.74 Å². The van der Waals surface area contributed by atoms with Crippen LogP contribution < -0.4 is 0 Å². The fourth-order valence-corrected chi connectivity index (χ4v) is 1.76. The SMILES string of the molecule is CC(C)(C)C1=C(C(C)(C)C)C(=O)OC1. The highest BCUT2D eigenvalue weighted by atomic mass is 16.5. The summed E-state index contributed by atoms with van der Waals surface area (Å²) in [7, 11) is 0. The van der Waals surface area contributed by atoms with Crippen molar-refractivity contribution in [3.63, 3.8) is 0 Å². The van der Waals surface area contributed by atoms with Gasteiger partial charge in [-0.3, -0.25) is 0 Å². The predicted molar refractivity (Wildman–Crippen MR) is 56.9 cm³/mol. The lowest BCUT2D eigenvalue weighted by Gasteiger charge is -2.25. The van der Waals surface area contributed by atoms with E-state index < -0.39 is 0 Å². The van der Waals surface area contributed by atoms with Crippen LogP contribution in [0.15, 0.2) is 11.1 Å². The van der Waals surface area contributed by atoms with E-state index in [9.17, 15) is 4.79 Å². The third-order valence-electron chi connectivity index (χ3n) is 2.51. The first-order valence-corrected chi connectivity index (χ1v) is 5.05. The number of carbonyl (C=O) groups is 1. The number of rotatable bonds is 0. The molecule has 2 nitrogen and oxygen atoms in total. The second-order valence-electron chi connectivity index (χ2n) is 5.93. The Morgan fingerprint density at radius 2 is 1.50 bits per heavy atom. The monoisotopic (exact) mass is 196 g/mol. The van der Waals surface area contributed by atoms with Crippen molar-refractivity contribution in [1.29, 1.82) is 0 Å². The number of carbonyl (C=O) groups excluding carboxylic acids is 1. The predicted octanol–water partition coefficient (Wildman–Crippen LogP) is 2.93. The van der Waals surface area contributed by atoms with Crippen molar-refractivity contribution >= 4 is 5.97 Å². The zero-order valence-electron chi connectivity index (χ0n) is 10.0. The lowest BCUT2D eigenvalue weighted by Crippen LogP contribution is -2.20. The molecule has 1 aliphatic rings. The average Bonchev–Trinajstić information content (AvgIpc) is 2.27. The summed E-state index contributed by atoms with van der Waals surface area (Å²) in [5, 5.41) is 0. The Labute approximate surface area is 86.3 Å². The Bertz CT molecular complexity index is 284. The molecule has 14 heavy (non-hydrogen) atoms. The summed E-state index contributed by atoms with van der Waals surface area (Å²) in [5.74, 6) is -0.137. The summed E-state index contributed by atoms with van der Waals surface area (Å²) in [5.41, 5.74) is 1.92. The topological polar surface area (TPSA) is 26.3 Å². The van der Waals surface area contributed by atoms with Gasteiger partial charge in [0.1, 0.15) is 6.61 Å². The van der Waals surface area contributed by atoms with E-state index >= 15 is 0 Å². The largest absolute Gasteiger partial charge is 0.458 e. The Hall–Kier alpha value is -0.790. The van der Waals surface area contributed by atoms with E-state index in [-0.39, 0.29) is 16.8 Å². The molecule has 0 bridgehead atoms. The van der Waals surface area contributed by atoms with Crippen LogP contribution in [0.5, 0.6) is 0 Å². The first kappa shape index (κ1) is 11.3. The molecule has 0 radical (unpaired) electrons. The van der Waals surface area contributed by atoms with Gasteiger partial charge in [0, 0.05) is 5.57 Å². The Morgan fingerprint density at radius 3 is 1.79 bits per heavy atom. The highest BCUT2D eigenvalue weighted by Crippen LogP contribution is 2.40. The standard InChI is InChI=1S/C12H20O2/c1-11(2,3)8-7-14-10(13)9(8)12(4,5)6/h7H2,1-6H3. The van der Waals surface area contributed by atoms with E-state index in [0.29, 0.717) is 6.61 Å². The first-order chi connectivity index (χ1) is 6.14. The van der Waals surface area contributed by atoms with Gasteiger partial charge in [0.15, 0.2) is 0 Å². The molecule has 1 heterocycles. The van der Waals surface area contributed by atoms with Gasteiger partial charge in [-0.15, -0.1) is 0 Å². The van der Waals surface area contributed by atoms with Gasteiger partial charge in [0.25, 0.3) is 0 Å². The van der Waals surface area contributed by atoms with Crippen molar-refractivity contribution in [3.8, 4) is 0 Å². The number of cyclic esters (lactones) is 1. The van der Waals surface area contributed by atoms with Crippen LogP contribution in [0.3, 0.4) is 0 Å². The van der Waals surface area contributed by atoms with Crippen molar-refractivity contribution in [2.45, 2.75) is 41.5 Å². The van der Waals surface area contributed by atoms with Gasteiger partial charge in [-0.1, -0.05) is 41.5 Å². The van der Waals surface area contributed by atoms with Crippen LogP contribution in [0, 0.1) is 10.8 Å². The molecule has 0 amide bonds. The molecule has 2 heteroatoms. The lowest BCUT2D eigenvalue weighted by atomic mass is 9.76. The van der Waals surface area contributed by atoms with Crippen molar-refractivity contribution < 1.29 is 9.53 Å². The molecule has 0 aliphatic carbocycles. The molecule has 0 unspecified atom stereocenters. The van der Waals surface area contributed by atoms with Gasteiger partial charge in [-0.2, -0.15) is 0 Å². The fourth-order valence-electron chi connectivity index (χ4n) is 1.76. The van der Waals surface area contributed by atoms with E-state index in [1.165, 1.54) is 0 Å². The van der Waals surface area contributed by atoms with Crippen LogP contribution in [-0.2, 0) is 9.53 Å². The second kappa shape index (κ2) is 3.11. The van der Waals surface area contributed by atoms with Crippen molar-refractivity contribution in [2.24, 2.45) is 10.8 Å². The van der Waals surface area contributed by atoms with Crippen LogP contribution in [0.25, 0.3) is 0 Å². The van der Waals surface area contributed by atoms with E-state index in [2.05, 4.69) is 41.5 Å². The van der Waals surface area contributed by atoms with Crippen molar-refractivity contribution in [2.75, 3.05) is 6.61 Å². The van der Waals surface area contributed by atoms with E-state index in [0.717, 1.165) is 11.1 Å². The minimum absolute atomic E-state index is 0.0226. The Balaban J connectivity index is 3.23. The average molecular weight is 196 g/mol. The van der Waals surface area contributed by atoms with Gasteiger partial charge in [-0.05, 0) is 16.4 Å². The zero-order chi connectivity index (χ0) is 11.1. The highest BCUT2D eigenvalue weighted by molar-refractivity contribution is 5.93. The number of ether oxygens (including phenoxy) is 1. The molecule has 0 fully saturated rings. The molecular weight excluding hydrogens is 176 g/mol. The van der Waals surface area contributed by atoms with E-state index in [4.69, 9.17) is 4.74 Å². The summed E-state index contributed by atoms with van der Waals surface area (Å²) < 4.78 is 5.12. The van der Waals surface area contributed by atoms with Gasteiger partial charge in [0.2, 0.25) is 0 Å². The van der Waals surface area contributed by atoms with Crippen LogP contribution in [0.1, 0.15) is 41.5 Å². The van der Waals surface area contributed by atoms with E-state index in [1.807, 2.05) is 0 Å². The minimum atomic E-state index is -0.137. The van der Waals surface area contributed by atoms with Gasteiger partial charge >= 0.3 is 5.97 Å². The second-order valence-corrected chi connectivity index (χ2v) is 5.93. The van der Waals surface area contributed by atoms with E-state index in [1.54, 1.807) is 0 Å². The molecular formula is C12H20O2. The molecule has 0 spiro atoms. The maximum atomic E-state index is 11.6. The summed E-state index contributed by atoms with van der Waals surface area (Å²) in [6, 6.07) is 0. The molecule has 0 aromatic rings. The Kier molecular flexibility index (Phi) is 2.51. The summed E-state index contributed by atoms with van der Waals surface area (Å²) in [6.07, 6.45) is 0. The zero-order valence-corrected chi connectivity index (χ0v) is 10.0. The first-order valence-electron chi connectivity index (χ1n) is 5.05. The molecule has 0 atom stereocenters. The molecule has 0 N–H and O–H groups in total. The molecule has 1 aliphatic heterocycles. The maximum absolute atomic E-state index is 11.6. The molecule has 0 saturated heterocycles. The smallest absolute Gasteiger partial charge is 0.334 e. The molecule has 1 rings (SSSR count).